The normalized spacial score (nSPS) is 14.1. The largest absolute Gasteiger partial charge is 0.452 e. The lowest BCUT2D eigenvalue weighted by Gasteiger charge is -2.14. The molecule has 0 bridgehead atoms. The summed E-state index contributed by atoms with van der Waals surface area (Å²) < 4.78 is 6.52. The second-order valence-corrected chi connectivity index (χ2v) is 4.97. The van der Waals surface area contributed by atoms with Gasteiger partial charge in [0, 0.05) is 13.1 Å². The van der Waals surface area contributed by atoms with E-state index in [-0.39, 0.29) is 12.5 Å². The number of rotatable bonds is 4. The minimum Gasteiger partial charge on any atom is -0.452 e. The van der Waals surface area contributed by atoms with E-state index in [2.05, 4.69) is 15.5 Å². The molecule has 8 nitrogen and oxygen atoms in total. The van der Waals surface area contributed by atoms with Gasteiger partial charge in [-0.15, -0.1) is 5.10 Å². The number of esters is 1. The van der Waals surface area contributed by atoms with Gasteiger partial charge in [0.25, 0.3) is 5.91 Å². The summed E-state index contributed by atoms with van der Waals surface area (Å²) in [5, 5.41) is 10.8. The van der Waals surface area contributed by atoms with Crippen LogP contribution in [0.15, 0.2) is 30.6 Å². The van der Waals surface area contributed by atoms with Crippen LogP contribution in [0.25, 0.3) is 5.69 Å². The van der Waals surface area contributed by atoms with Crippen LogP contribution in [-0.4, -0.2) is 56.7 Å². The topological polar surface area (TPSA) is 90.2 Å². The minimum atomic E-state index is -0.539. The van der Waals surface area contributed by atoms with E-state index in [4.69, 9.17) is 4.74 Å². The molecule has 1 aliphatic heterocycles. The zero-order valence-electron chi connectivity index (χ0n) is 11.9. The molecule has 3 rings (SSSR count). The van der Waals surface area contributed by atoms with Crippen molar-refractivity contribution in [2.24, 2.45) is 0 Å². The van der Waals surface area contributed by atoms with Crippen LogP contribution < -0.4 is 0 Å². The van der Waals surface area contributed by atoms with Crippen molar-refractivity contribution in [1.29, 1.82) is 0 Å². The quantitative estimate of drug-likeness (QED) is 0.761. The van der Waals surface area contributed by atoms with Gasteiger partial charge in [0.1, 0.15) is 6.33 Å². The molecule has 114 valence electrons. The fourth-order valence-electron chi connectivity index (χ4n) is 2.32. The van der Waals surface area contributed by atoms with Crippen molar-refractivity contribution < 1.29 is 14.3 Å². The summed E-state index contributed by atoms with van der Waals surface area (Å²) >= 11 is 0. The summed E-state index contributed by atoms with van der Waals surface area (Å²) in [6, 6.07) is 6.70. The number of tetrazole rings is 1. The Morgan fingerprint density at radius 3 is 2.77 bits per heavy atom. The van der Waals surface area contributed by atoms with Crippen molar-refractivity contribution in [3.05, 3.63) is 36.2 Å². The fourth-order valence-corrected chi connectivity index (χ4v) is 2.32. The van der Waals surface area contributed by atoms with E-state index >= 15 is 0 Å². The summed E-state index contributed by atoms with van der Waals surface area (Å²) in [5.74, 6) is -0.690. The maximum absolute atomic E-state index is 12.0. The molecule has 0 radical (unpaired) electrons. The molecule has 0 atom stereocenters. The summed E-state index contributed by atoms with van der Waals surface area (Å²) in [4.78, 5) is 25.6. The predicted molar refractivity (Wildman–Crippen MR) is 75.3 cm³/mol. The predicted octanol–water partition coefficient (Wildman–Crippen LogP) is 0.441. The Hall–Kier alpha value is -2.77. The summed E-state index contributed by atoms with van der Waals surface area (Å²) in [6.07, 6.45) is 3.45. The van der Waals surface area contributed by atoms with Gasteiger partial charge in [-0.2, -0.15) is 0 Å². The number of nitrogens with zero attached hydrogens (tertiary/aromatic N) is 5. The molecule has 0 unspecified atom stereocenters. The SMILES string of the molecule is O=C(OCC(=O)N1CCCC1)c1cccc(-n2cnnn2)c1. The molecule has 2 aromatic rings. The van der Waals surface area contributed by atoms with E-state index in [1.54, 1.807) is 29.2 Å². The first-order valence-corrected chi connectivity index (χ1v) is 7.02. The summed E-state index contributed by atoms with van der Waals surface area (Å²) in [7, 11) is 0. The summed E-state index contributed by atoms with van der Waals surface area (Å²) in [5.41, 5.74) is 0.993. The van der Waals surface area contributed by atoms with Crippen molar-refractivity contribution in [3.63, 3.8) is 0 Å². The van der Waals surface area contributed by atoms with Crippen LogP contribution in [-0.2, 0) is 9.53 Å². The van der Waals surface area contributed by atoms with Crippen LogP contribution in [0.1, 0.15) is 23.2 Å². The Kier molecular flexibility index (Phi) is 4.08. The lowest BCUT2D eigenvalue weighted by molar-refractivity contribution is -0.133. The fraction of sp³-hybridized carbons (Fsp3) is 0.357. The van der Waals surface area contributed by atoms with Gasteiger partial charge in [-0.25, -0.2) is 9.48 Å². The maximum atomic E-state index is 12.0. The smallest absolute Gasteiger partial charge is 0.338 e. The molecule has 8 heteroatoms. The van der Waals surface area contributed by atoms with E-state index in [1.165, 1.54) is 11.0 Å². The van der Waals surface area contributed by atoms with E-state index in [0.717, 1.165) is 25.9 Å². The molecule has 0 saturated carbocycles. The van der Waals surface area contributed by atoms with Crippen molar-refractivity contribution in [3.8, 4) is 5.69 Å². The number of benzene rings is 1. The monoisotopic (exact) mass is 301 g/mol. The number of carbonyl (C=O) groups excluding carboxylic acids is 2. The zero-order chi connectivity index (χ0) is 15.4. The van der Waals surface area contributed by atoms with Crippen molar-refractivity contribution in [2.45, 2.75) is 12.8 Å². The standard InChI is InChI=1S/C14H15N5O3/c20-13(18-6-1-2-7-18)9-22-14(21)11-4-3-5-12(8-11)19-10-15-16-17-19/h3-5,8,10H,1-2,6-7,9H2. The molecule has 1 aromatic heterocycles. The summed E-state index contributed by atoms with van der Waals surface area (Å²) in [6.45, 7) is 1.25. The van der Waals surface area contributed by atoms with Crippen LogP contribution in [0.2, 0.25) is 0 Å². The molecule has 1 saturated heterocycles. The van der Waals surface area contributed by atoms with E-state index in [1.807, 2.05) is 0 Å². The zero-order valence-corrected chi connectivity index (χ0v) is 11.9. The highest BCUT2D eigenvalue weighted by Crippen LogP contribution is 2.11. The molecule has 0 aliphatic carbocycles. The van der Waals surface area contributed by atoms with Gasteiger partial charge in [-0.3, -0.25) is 4.79 Å². The molecule has 1 fully saturated rings. The maximum Gasteiger partial charge on any atom is 0.338 e. The highest BCUT2D eigenvalue weighted by molar-refractivity contribution is 5.91. The Morgan fingerprint density at radius 2 is 2.05 bits per heavy atom. The van der Waals surface area contributed by atoms with Crippen LogP contribution >= 0.6 is 0 Å². The first-order valence-electron chi connectivity index (χ1n) is 7.02. The molecule has 1 aliphatic rings. The molecule has 1 amide bonds. The number of amides is 1. The van der Waals surface area contributed by atoms with E-state index in [0.29, 0.717) is 11.3 Å². The van der Waals surface area contributed by atoms with Crippen molar-refractivity contribution in [1.82, 2.24) is 25.1 Å². The first kappa shape index (κ1) is 14.2. The number of ether oxygens (including phenoxy) is 1. The van der Waals surface area contributed by atoms with Gasteiger partial charge < -0.3 is 9.64 Å². The second kappa shape index (κ2) is 6.33. The minimum absolute atomic E-state index is 0.150. The lowest BCUT2D eigenvalue weighted by atomic mass is 10.2. The molecular weight excluding hydrogens is 286 g/mol. The molecule has 1 aromatic carbocycles. The Balaban J connectivity index is 1.62. The highest BCUT2D eigenvalue weighted by atomic mass is 16.5. The Labute approximate surface area is 126 Å². The van der Waals surface area contributed by atoms with Crippen LogP contribution in [0.4, 0.5) is 0 Å². The van der Waals surface area contributed by atoms with Crippen molar-refractivity contribution in [2.75, 3.05) is 19.7 Å². The Morgan fingerprint density at radius 1 is 1.23 bits per heavy atom. The van der Waals surface area contributed by atoms with Crippen molar-refractivity contribution >= 4 is 11.9 Å². The molecular formula is C14H15N5O3. The van der Waals surface area contributed by atoms with E-state index in [9.17, 15) is 9.59 Å². The highest BCUT2D eigenvalue weighted by Gasteiger charge is 2.19. The van der Waals surface area contributed by atoms with E-state index < -0.39 is 5.97 Å². The van der Waals surface area contributed by atoms with Gasteiger partial charge in [0.15, 0.2) is 6.61 Å². The number of aromatic nitrogens is 4. The average Bonchev–Trinajstić information content (AvgIpc) is 3.25. The lowest BCUT2D eigenvalue weighted by Crippen LogP contribution is -2.32. The number of likely N-dealkylation sites (tertiary alicyclic amines) is 1. The molecule has 0 N–H and O–H groups in total. The Bertz CT molecular complexity index is 665. The van der Waals surface area contributed by atoms with Crippen LogP contribution in [0, 0.1) is 0 Å². The first-order chi connectivity index (χ1) is 10.7. The second-order valence-electron chi connectivity index (χ2n) is 4.97. The average molecular weight is 301 g/mol. The van der Waals surface area contributed by atoms with Gasteiger partial charge in [0.05, 0.1) is 11.3 Å². The van der Waals surface area contributed by atoms with Gasteiger partial charge in [0.2, 0.25) is 0 Å². The van der Waals surface area contributed by atoms with Gasteiger partial charge >= 0.3 is 5.97 Å². The third-order valence-corrected chi connectivity index (χ3v) is 3.48. The van der Waals surface area contributed by atoms with Crippen LogP contribution in [0.5, 0.6) is 0 Å². The van der Waals surface area contributed by atoms with Gasteiger partial charge in [-0.05, 0) is 41.5 Å². The molecule has 0 spiro atoms. The third-order valence-electron chi connectivity index (χ3n) is 3.48. The number of hydrogen-bond donors (Lipinski definition) is 0. The number of hydrogen-bond acceptors (Lipinski definition) is 6. The molecule has 2 heterocycles. The number of carbonyl (C=O) groups is 2. The van der Waals surface area contributed by atoms with Gasteiger partial charge in [-0.1, -0.05) is 6.07 Å². The van der Waals surface area contributed by atoms with Crippen LogP contribution in [0.3, 0.4) is 0 Å². The molecule has 22 heavy (non-hydrogen) atoms. The third kappa shape index (κ3) is 3.11.